The van der Waals surface area contributed by atoms with E-state index in [9.17, 15) is 9.18 Å². The number of carbonyl (C=O) groups excluding carboxylic acids is 1. The first-order valence-corrected chi connectivity index (χ1v) is 6.66. The molecule has 0 radical (unpaired) electrons. The number of carbonyl (C=O) groups is 1. The van der Waals surface area contributed by atoms with Crippen LogP contribution in [0.5, 0.6) is 0 Å². The van der Waals surface area contributed by atoms with Crippen molar-refractivity contribution in [1.29, 1.82) is 0 Å². The first-order chi connectivity index (χ1) is 9.13. The molecule has 0 aliphatic heterocycles. The Kier molecular flexibility index (Phi) is 3.10. The molecule has 0 bridgehead atoms. The van der Waals surface area contributed by atoms with Crippen LogP contribution >= 0.6 is 15.9 Å². The van der Waals surface area contributed by atoms with Gasteiger partial charge in [-0.2, -0.15) is 0 Å². The number of hydrogen-bond acceptors (Lipinski definition) is 3. The summed E-state index contributed by atoms with van der Waals surface area (Å²) >= 11 is 3.25. The number of nitrogens with zero attached hydrogens (tertiary/aromatic N) is 1. The molecule has 19 heavy (non-hydrogen) atoms. The zero-order valence-electron chi connectivity index (χ0n) is 9.82. The van der Waals surface area contributed by atoms with Gasteiger partial charge in [-0.1, -0.05) is 5.16 Å². The number of benzene rings is 1. The molecule has 1 aromatic carbocycles. The first-order valence-electron chi connectivity index (χ1n) is 5.86. The van der Waals surface area contributed by atoms with E-state index in [0.29, 0.717) is 15.8 Å². The molecule has 1 aliphatic rings. The number of nitrogens with one attached hydrogen (secondary N) is 1. The molecular formula is C13H10BrFN2O2. The summed E-state index contributed by atoms with van der Waals surface area (Å²) in [6.07, 6.45) is 2.03. The molecular weight excluding hydrogens is 315 g/mol. The van der Waals surface area contributed by atoms with Crippen LogP contribution < -0.4 is 5.32 Å². The molecule has 3 rings (SSSR count). The summed E-state index contributed by atoms with van der Waals surface area (Å²) in [5.41, 5.74) is 0.887. The van der Waals surface area contributed by atoms with E-state index in [1.54, 1.807) is 12.1 Å². The second-order valence-corrected chi connectivity index (χ2v) is 5.30. The van der Waals surface area contributed by atoms with Crippen molar-refractivity contribution in [3.05, 3.63) is 40.2 Å². The van der Waals surface area contributed by atoms with Crippen molar-refractivity contribution in [2.45, 2.75) is 18.9 Å². The van der Waals surface area contributed by atoms with Crippen LogP contribution in [0.25, 0.3) is 11.3 Å². The van der Waals surface area contributed by atoms with Gasteiger partial charge in [0.15, 0.2) is 11.5 Å². The van der Waals surface area contributed by atoms with Crippen molar-refractivity contribution in [3.8, 4) is 11.3 Å². The van der Waals surface area contributed by atoms with Gasteiger partial charge in [0.1, 0.15) is 5.82 Å². The Morgan fingerprint density at radius 1 is 1.42 bits per heavy atom. The zero-order valence-corrected chi connectivity index (χ0v) is 11.4. The maximum Gasteiger partial charge on any atom is 0.273 e. The molecule has 1 amide bonds. The summed E-state index contributed by atoms with van der Waals surface area (Å²) < 4.78 is 18.7. The molecule has 6 heteroatoms. The van der Waals surface area contributed by atoms with E-state index >= 15 is 0 Å². The van der Waals surface area contributed by atoms with Crippen molar-refractivity contribution in [2.24, 2.45) is 0 Å². The molecule has 1 aromatic heterocycles. The molecule has 0 saturated heterocycles. The second kappa shape index (κ2) is 4.77. The van der Waals surface area contributed by atoms with Crippen LogP contribution in [0.3, 0.4) is 0 Å². The highest BCUT2D eigenvalue weighted by Crippen LogP contribution is 2.29. The fourth-order valence-electron chi connectivity index (χ4n) is 1.69. The van der Waals surface area contributed by atoms with Gasteiger partial charge in [-0.25, -0.2) is 4.39 Å². The Hall–Kier alpha value is -1.69. The van der Waals surface area contributed by atoms with Crippen molar-refractivity contribution in [1.82, 2.24) is 10.5 Å². The lowest BCUT2D eigenvalue weighted by molar-refractivity contribution is 0.0942. The molecule has 1 saturated carbocycles. The smallest absolute Gasteiger partial charge is 0.273 e. The van der Waals surface area contributed by atoms with Crippen molar-refractivity contribution >= 4 is 21.8 Å². The Bertz CT molecular complexity index is 637. The summed E-state index contributed by atoms with van der Waals surface area (Å²) in [5.74, 6) is -0.162. The van der Waals surface area contributed by atoms with Crippen molar-refractivity contribution < 1.29 is 13.7 Å². The molecule has 1 aliphatic carbocycles. The van der Waals surface area contributed by atoms with E-state index in [2.05, 4.69) is 26.4 Å². The topological polar surface area (TPSA) is 55.1 Å². The zero-order chi connectivity index (χ0) is 13.4. The fourth-order valence-corrected chi connectivity index (χ4v) is 2.23. The van der Waals surface area contributed by atoms with E-state index in [0.717, 1.165) is 12.8 Å². The van der Waals surface area contributed by atoms with Crippen LogP contribution in [-0.4, -0.2) is 17.1 Å². The maximum atomic E-state index is 13.0. The van der Waals surface area contributed by atoms with Gasteiger partial charge in [0, 0.05) is 22.1 Å². The average Bonchev–Trinajstić information content (AvgIpc) is 3.04. The van der Waals surface area contributed by atoms with Gasteiger partial charge in [0.05, 0.1) is 0 Å². The minimum absolute atomic E-state index is 0.234. The van der Waals surface area contributed by atoms with Crippen LogP contribution in [0.15, 0.2) is 33.3 Å². The molecule has 98 valence electrons. The van der Waals surface area contributed by atoms with Crippen molar-refractivity contribution in [3.63, 3.8) is 0 Å². The summed E-state index contributed by atoms with van der Waals surface area (Å²) in [4.78, 5) is 11.8. The van der Waals surface area contributed by atoms with E-state index in [1.807, 2.05) is 0 Å². The molecule has 0 atom stereocenters. The molecule has 0 unspecified atom stereocenters. The highest BCUT2D eigenvalue weighted by atomic mass is 79.9. The third-order valence-corrected chi connectivity index (χ3v) is 3.51. The number of halogens is 2. The van der Waals surface area contributed by atoms with E-state index in [1.165, 1.54) is 12.1 Å². The Balaban J connectivity index is 1.85. The number of rotatable bonds is 3. The third kappa shape index (κ3) is 2.68. The summed E-state index contributed by atoms with van der Waals surface area (Å²) in [6.45, 7) is 0. The predicted molar refractivity (Wildman–Crippen MR) is 70.1 cm³/mol. The van der Waals surface area contributed by atoms with Crippen LogP contribution in [-0.2, 0) is 0 Å². The van der Waals surface area contributed by atoms with E-state index in [-0.39, 0.29) is 23.5 Å². The van der Waals surface area contributed by atoms with E-state index < -0.39 is 0 Å². The third-order valence-electron chi connectivity index (χ3n) is 2.85. The second-order valence-electron chi connectivity index (χ2n) is 4.45. The first kappa shape index (κ1) is 12.3. The normalized spacial score (nSPS) is 14.4. The Labute approximate surface area is 117 Å². The minimum Gasteiger partial charge on any atom is -0.355 e. The maximum absolute atomic E-state index is 13.0. The molecule has 4 nitrogen and oxygen atoms in total. The number of amides is 1. The largest absolute Gasteiger partial charge is 0.355 e. The predicted octanol–water partition coefficient (Wildman–Crippen LogP) is 3.14. The van der Waals surface area contributed by atoms with Crippen LogP contribution in [0.4, 0.5) is 4.39 Å². The number of hydrogen-bond donors (Lipinski definition) is 1. The van der Waals surface area contributed by atoms with Crippen LogP contribution in [0, 0.1) is 5.82 Å². The SMILES string of the molecule is O=C(NC1CC1)c1cc(-c2ccc(F)cc2Br)on1. The van der Waals surface area contributed by atoms with Crippen LogP contribution in [0.1, 0.15) is 23.3 Å². The summed E-state index contributed by atoms with van der Waals surface area (Å²) in [6, 6.07) is 6.05. The molecule has 1 heterocycles. The molecule has 1 N–H and O–H groups in total. The lowest BCUT2D eigenvalue weighted by atomic mass is 10.1. The number of aromatic nitrogens is 1. The lowest BCUT2D eigenvalue weighted by Gasteiger charge is -1.99. The molecule has 0 spiro atoms. The van der Waals surface area contributed by atoms with Gasteiger partial charge in [0.2, 0.25) is 0 Å². The van der Waals surface area contributed by atoms with E-state index in [4.69, 9.17) is 4.52 Å². The Morgan fingerprint density at radius 3 is 2.89 bits per heavy atom. The molecule has 2 aromatic rings. The monoisotopic (exact) mass is 324 g/mol. The Morgan fingerprint density at radius 2 is 2.21 bits per heavy atom. The lowest BCUT2D eigenvalue weighted by Crippen LogP contribution is -2.25. The summed E-state index contributed by atoms with van der Waals surface area (Å²) in [7, 11) is 0. The fraction of sp³-hybridized carbons (Fsp3) is 0.231. The van der Waals surface area contributed by atoms with Crippen LogP contribution in [0.2, 0.25) is 0 Å². The standard InChI is InChI=1S/C13H10BrFN2O2/c14-10-5-7(15)1-4-9(10)12-6-11(17-19-12)13(18)16-8-2-3-8/h1,4-6,8H,2-3H2,(H,16,18). The highest BCUT2D eigenvalue weighted by molar-refractivity contribution is 9.10. The van der Waals surface area contributed by atoms with Gasteiger partial charge in [-0.15, -0.1) is 0 Å². The van der Waals surface area contributed by atoms with Gasteiger partial charge < -0.3 is 9.84 Å². The highest BCUT2D eigenvalue weighted by Gasteiger charge is 2.25. The van der Waals surface area contributed by atoms with Gasteiger partial charge in [-0.3, -0.25) is 4.79 Å². The quantitative estimate of drug-likeness (QED) is 0.943. The van der Waals surface area contributed by atoms with Gasteiger partial charge in [-0.05, 0) is 47.0 Å². The van der Waals surface area contributed by atoms with Crippen molar-refractivity contribution in [2.75, 3.05) is 0 Å². The van der Waals surface area contributed by atoms with Gasteiger partial charge >= 0.3 is 0 Å². The molecule has 1 fully saturated rings. The average molecular weight is 325 g/mol. The summed E-state index contributed by atoms with van der Waals surface area (Å²) in [5, 5.41) is 6.56. The minimum atomic E-state index is -0.346. The van der Waals surface area contributed by atoms with Gasteiger partial charge in [0.25, 0.3) is 5.91 Å².